The number of carbonyl (C=O) groups excluding carboxylic acids is 1. The molecule has 0 aliphatic carbocycles. The lowest BCUT2D eigenvalue weighted by Crippen LogP contribution is -2.41. The van der Waals surface area contributed by atoms with Crippen molar-refractivity contribution in [1.82, 2.24) is 0 Å². The van der Waals surface area contributed by atoms with E-state index in [1.165, 1.54) is 0 Å². The summed E-state index contributed by atoms with van der Waals surface area (Å²) in [6.07, 6.45) is 2.30. The zero-order valence-electron chi connectivity index (χ0n) is 23.8. The van der Waals surface area contributed by atoms with Gasteiger partial charge in [0.05, 0.1) is 23.7 Å². The summed E-state index contributed by atoms with van der Waals surface area (Å²) >= 11 is 0. The van der Waals surface area contributed by atoms with Crippen molar-refractivity contribution in [1.29, 1.82) is 0 Å². The number of esters is 1. The molecule has 0 amide bonds. The molecule has 0 N–H and O–H groups in total. The summed E-state index contributed by atoms with van der Waals surface area (Å²) in [6.45, 7) is 15.3. The van der Waals surface area contributed by atoms with Crippen molar-refractivity contribution < 1.29 is 33.1 Å². The maximum atomic E-state index is 12.4. The molecule has 2 aliphatic rings. The van der Waals surface area contributed by atoms with E-state index in [0.29, 0.717) is 18.1 Å². The molecule has 1 atom stereocenters. The molecule has 0 bridgehead atoms. The standard InChI is InChI=1S/C30H41BO7/c1-28(2,3)36-27(32)17-22-11-8-9-13-26(22)35-19-21-15-23(31-37-29(4,5)30(6,7)38-31)18-25(16-21)34-20-24-12-10-14-33-24/h8-9,11,13,15-16,18,24H,10,12,14,17,19-20H2,1-7H3. The summed E-state index contributed by atoms with van der Waals surface area (Å²) in [5.41, 5.74) is 1.10. The van der Waals surface area contributed by atoms with Crippen molar-refractivity contribution in [3.05, 3.63) is 53.6 Å². The molecule has 0 saturated carbocycles. The molecule has 1 unspecified atom stereocenters. The van der Waals surface area contributed by atoms with Crippen LogP contribution in [0.3, 0.4) is 0 Å². The Kier molecular flexibility index (Phi) is 8.45. The molecule has 2 heterocycles. The van der Waals surface area contributed by atoms with Gasteiger partial charge in [0.15, 0.2) is 0 Å². The zero-order valence-corrected chi connectivity index (χ0v) is 23.8. The van der Waals surface area contributed by atoms with Gasteiger partial charge in [-0.1, -0.05) is 24.3 Å². The highest BCUT2D eigenvalue weighted by atomic mass is 16.7. The number of rotatable bonds is 9. The van der Waals surface area contributed by atoms with E-state index in [0.717, 1.165) is 36.0 Å². The van der Waals surface area contributed by atoms with Crippen LogP contribution in [0.15, 0.2) is 42.5 Å². The normalized spacial score (nSPS) is 20.4. The Bertz CT molecular complexity index is 1100. The van der Waals surface area contributed by atoms with Gasteiger partial charge in [0.25, 0.3) is 0 Å². The van der Waals surface area contributed by atoms with Crippen molar-refractivity contribution in [2.75, 3.05) is 13.2 Å². The van der Waals surface area contributed by atoms with Crippen molar-refractivity contribution in [3.63, 3.8) is 0 Å². The average molecular weight is 524 g/mol. The fourth-order valence-electron chi connectivity index (χ4n) is 4.42. The summed E-state index contributed by atoms with van der Waals surface area (Å²) in [4.78, 5) is 12.4. The van der Waals surface area contributed by atoms with Crippen LogP contribution in [0.2, 0.25) is 0 Å². The lowest BCUT2D eigenvalue weighted by Gasteiger charge is -2.32. The first-order valence-electron chi connectivity index (χ1n) is 13.5. The van der Waals surface area contributed by atoms with Crippen LogP contribution in [-0.2, 0) is 36.6 Å². The molecule has 0 radical (unpaired) electrons. The van der Waals surface area contributed by atoms with E-state index in [4.69, 9.17) is 28.3 Å². The van der Waals surface area contributed by atoms with E-state index in [1.807, 2.05) is 90.9 Å². The Morgan fingerprint density at radius 3 is 2.39 bits per heavy atom. The van der Waals surface area contributed by atoms with E-state index in [2.05, 4.69) is 0 Å². The van der Waals surface area contributed by atoms with Gasteiger partial charge in [-0.25, -0.2) is 0 Å². The van der Waals surface area contributed by atoms with Gasteiger partial charge in [0, 0.05) is 12.2 Å². The summed E-state index contributed by atoms with van der Waals surface area (Å²) < 4.78 is 36.2. The van der Waals surface area contributed by atoms with Crippen LogP contribution in [-0.4, -0.2) is 49.2 Å². The average Bonchev–Trinajstić information content (AvgIpc) is 3.41. The summed E-state index contributed by atoms with van der Waals surface area (Å²) in [7, 11) is -0.524. The van der Waals surface area contributed by atoms with Crippen molar-refractivity contribution in [2.24, 2.45) is 0 Å². The first-order valence-corrected chi connectivity index (χ1v) is 13.5. The third-order valence-corrected chi connectivity index (χ3v) is 7.10. The largest absolute Gasteiger partial charge is 0.494 e. The number of hydrogen-bond donors (Lipinski definition) is 0. The third kappa shape index (κ3) is 7.30. The lowest BCUT2D eigenvalue weighted by atomic mass is 9.78. The fraction of sp³-hybridized carbons (Fsp3) is 0.567. The molecule has 38 heavy (non-hydrogen) atoms. The van der Waals surface area contributed by atoms with Gasteiger partial charge < -0.3 is 28.3 Å². The number of hydrogen-bond acceptors (Lipinski definition) is 7. The second-order valence-corrected chi connectivity index (χ2v) is 12.1. The van der Waals surface area contributed by atoms with Gasteiger partial charge in [-0.3, -0.25) is 4.79 Å². The highest BCUT2D eigenvalue weighted by Gasteiger charge is 2.51. The smallest absolute Gasteiger partial charge is 0.491 e. The topological polar surface area (TPSA) is 72.5 Å². The first-order chi connectivity index (χ1) is 17.8. The summed E-state index contributed by atoms with van der Waals surface area (Å²) in [5.74, 6) is 1.07. The molecule has 8 heteroatoms. The van der Waals surface area contributed by atoms with E-state index in [1.54, 1.807) is 0 Å². The minimum atomic E-state index is -0.541. The monoisotopic (exact) mass is 524 g/mol. The maximum absolute atomic E-state index is 12.4. The van der Waals surface area contributed by atoms with Gasteiger partial charge >= 0.3 is 13.1 Å². The van der Waals surface area contributed by atoms with Crippen LogP contribution in [0.1, 0.15) is 72.4 Å². The molecular formula is C30H41BO7. The van der Waals surface area contributed by atoms with Gasteiger partial charge in [-0.2, -0.15) is 0 Å². The molecule has 2 fully saturated rings. The number of carbonyl (C=O) groups is 1. The van der Waals surface area contributed by atoms with Crippen molar-refractivity contribution in [3.8, 4) is 11.5 Å². The number of ether oxygens (including phenoxy) is 4. The van der Waals surface area contributed by atoms with E-state index >= 15 is 0 Å². The lowest BCUT2D eigenvalue weighted by molar-refractivity contribution is -0.153. The fourth-order valence-corrected chi connectivity index (χ4v) is 4.42. The van der Waals surface area contributed by atoms with E-state index in [9.17, 15) is 4.79 Å². The van der Waals surface area contributed by atoms with Gasteiger partial charge in [0.2, 0.25) is 0 Å². The minimum absolute atomic E-state index is 0.106. The first kappa shape index (κ1) is 28.5. The van der Waals surface area contributed by atoms with Gasteiger partial charge in [-0.05, 0) is 90.5 Å². The van der Waals surface area contributed by atoms with Gasteiger partial charge in [0.1, 0.15) is 30.3 Å². The molecule has 206 valence electrons. The highest BCUT2D eigenvalue weighted by Crippen LogP contribution is 2.37. The molecule has 2 aromatic carbocycles. The highest BCUT2D eigenvalue weighted by molar-refractivity contribution is 6.62. The molecule has 2 saturated heterocycles. The Labute approximate surface area is 227 Å². The Balaban J connectivity index is 1.52. The Morgan fingerprint density at radius 1 is 1.03 bits per heavy atom. The Morgan fingerprint density at radius 2 is 1.74 bits per heavy atom. The molecule has 7 nitrogen and oxygen atoms in total. The van der Waals surface area contributed by atoms with Crippen LogP contribution in [0.5, 0.6) is 11.5 Å². The predicted octanol–water partition coefficient (Wildman–Crippen LogP) is 5.01. The summed E-state index contributed by atoms with van der Waals surface area (Å²) in [5, 5.41) is 0. The molecular weight excluding hydrogens is 483 g/mol. The molecule has 4 rings (SSSR count). The van der Waals surface area contributed by atoms with E-state index < -0.39 is 23.9 Å². The second-order valence-electron chi connectivity index (χ2n) is 12.1. The van der Waals surface area contributed by atoms with E-state index in [-0.39, 0.29) is 25.1 Å². The number of benzene rings is 2. The number of para-hydroxylation sites is 1. The SMILES string of the molecule is CC(C)(C)OC(=O)Cc1ccccc1OCc1cc(OCC2CCCO2)cc(B2OC(C)(C)C(C)(C)O2)c1. The van der Waals surface area contributed by atoms with Crippen LogP contribution in [0.25, 0.3) is 0 Å². The molecule has 0 aromatic heterocycles. The predicted molar refractivity (Wildman–Crippen MR) is 147 cm³/mol. The third-order valence-electron chi connectivity index (χ3n) is 7.10. The zero-order chi connectivity index (χ0) is 27.6. The molecule has 2 aromatic rings. The second kappa shape index (κ2) is 11.3. The van der Waals surface area contributed by atoms with Crippen LogP contribution >= 0.6 is 0 Å². The van der Waals surface area contributed by atoms with Crippen molar-refractivity contribution >= 4 is 18.6 Å². The Hall–Kier alpha value is -2.55. The van der Waals surface area contributed by atoms with Gasteiger partial charge in [-0.15, -0.1) is 0 Å². The summed E-state index contributed by atoms with van der Waals surface area (Å²) in [6, 6.07) is 13.5. The molecule has 2 aliphatic heterocycles. The molecule has 0 spiro atoms. The van der Waals surface area contributed by atoms with Crippen LogP contribution in [0, 0.1) is 0 Å². The van der Waals surface area contributed by atoms with Crippen LogP contribution in [0.4, 0.5) is 0 Å². The minimum Gasteiger partial charge on any atom is -0.491 e. The van der Waals surface area contributed by atoms with Crippen molar-refractivity contribution in [2.45, 2.75) is 97.2 Å². The quantitative estimate of drug-likeness (QED) is 0.338. The van der Waals surface area contributed by atoms with Crippen LogP contribution < -0.4 is 14.9 Å². The maximum Gasteiger partial charge on any atom is 0.494 e.